The monoisotopic (exact) mass is 417 g/mol. The number of nitrogens with zero attached hydrogens (tertiary/aromatic N) is 2. The number of ether oxygens (including phenoxy) is 1. The second-order valence-corrected chi connectivity index (χ2v) is 7.01. The van der Waals surface area contributed by atoms with Gasteiger partial charge in [0.15, 0.2) is 0 Å². The second-order valence-electron chi connectivity index (χ2n) is 5.75. The Kier molecular flexibility index (Phi) is 6.73. The standard InChI is InChI=1S/C20H17ClFN3O2S/c1-2-27-19(26)10-16-12-28-20(24-16)25-23-11-13-3-5-14(6-4-13)15-7-8-17(21)18(22)9-15/h3-9,11-12H,2,10H2,1H3,(H,24,25). The Labute approximate surface area is 170 Å². The number of carbonyl (C=O) groups excluding carboxylic acids is 1. The molecule has 0 radical (unpaired) electrons. The lowest BCUT2D eigenvalue weighted by Crippen LogP contribution is -2.07. The van der Waals surface area contributed by atoms with Crippen molar-refractivity contribution in [3.8, 4) is 11.1 Å². The number of hydrazone groups is 1. The number of halogens is 2. The molecule has 0 aliphatic rings. The maximum atomic E-state index is 13.6. The zero-order valence-corrected chi connectivity index (χ0v) is 16.6. The molecule has 28 heavy (non-hydrogen) atoms. The van der Waals surface area contributed by atoms with Gasteiger partial charge in [0.05, 0.1) is 30.0 Å². The molecule has 1 aromatic heterocycles. The SMILES string of the molecule is CCOC(=O)Cc1csc(NN=Cc2ccc(-c3ccc(Cl)c(F)c3)cc2)n1. The van der Waals surface area contributed by atoms with Crippen LogP contribution in [0.15, 0.2) is 52.9 Å². The molecule has 0 fully saturated rings. The third-order valence-electron chi connectivity index (χ3n) is 3.72. The van der Waals surface area contributed by atoms with Crippen LogP contribution >= 0.6 is 22.9 Å². The van der Waals surface area contributed by atoms with Crippen molar-refractivity contribution in [3.63, 3.8) is 0 Å². The molecule has 8 heteroatoms. The number of thiazole rings is 1. The highest BCUT2D eigenvalue weighted by Crippen LogP contribution is 2.24. The highest BCUT2D eigenvalue weighted by Gasteiger charge is 2.08. The maximum Gasteiger partial charge on any atom is 0.311 e. The summed E-state index contributed by atoms with van der Waals surface area (Å²) in [5, 5.41) is 6.62. The van der Waals surface area contributed by atoms with Gasteiger partial charge in [0.1, 0.15) is 5.82 Å². The first kappa shape index (κ1) is 20.0. The number of hydrogen-bond acceptors (Lipinski definition) is 6. The van der Waals surface area contributed by atoms with Crippen LogP contribution in [0.4, 0.5) is 9.52 Å². The minimum atomic E-state index is -0.445. The molecule has 1 N–H and O–H groups in total. The fourth-order valence-corrected chi connectivity index (χ4v) is 3.18. The fraction of sp³-hybridized carbons (Fsp3) is 0.150. The first-order valence-electron chi connectivity index (χ1n) is 8.49. The molecule has 0 atom stereocenters. The molecular weight excluding hydrogens is 401 g/mol. The predicted molar refractivity (Wildman–Crippen MR) is 111 cm³/mol. The van der Waals surface area contributed by atoms with Crippen molar-refractivity contribution >= 4 is 40.3 Å². The molecule has 0 bridgehead atoms. The van der Waals surface area contributed by atoms with E-state index in [1.165, 1.54) is 23.5 Å². The largest absolute Gasteiger partial charge is 0.466 e. The van der Waals surface area contributed by atoms with Gasteiger partial charge >= 0.3 is 5.97 Å². The summed E-state index contributed by atoms with van der Waals surface area (Å²) in [6.45, 7) is 2.12. The van der Waals surface area contributed by atoms with E-state index in [1.807, 2.05) is 24.3 Å². The van der Waals surface area contributed by atoms with E-state index in [4.69, 9.17) is 16.3 Å². The van der Waals surface area contributed by atoms with Gasteiger partial charge in [-0.05, 0) is 35.7 Å². The van der Waals surface area contributed by atoms with E-state index in [1.54, 1.807) is 24.6 Å². The molecule has 0 aliphatic heterocycles. The molecule has 3 rings (SSSR count). The number of hydrogen-bond donors (Lipinski definition) is 1. The quantitative estimate of drug-likeness (QED) is 0.328. The van der Waals surface area contributed by atoms with Crippen LogP contribution in [0.1, 0.15) is 18.2 Å². The van der Waals surface area contributed by atoms with E-state index in [0.29, 0.717) is 17.4 Å². The van der Waals surface area contributed by atoms with E-state index < -0.39 is 5.82 Å². The Bertz CT molecular complexity index is 989. The summed E-state index contributed by atoms with van der Waals surface area (Å²) in [7, 11) is 0. The minimum Gasteiger partial charge on any atom is -0.466 e. The first-order chi connectivity index (χ1) is 13.5. The predicted octanol–water partition coefficient (Wildman–Crippen LogP) is 5.15. The van der Waals surface area contributed by atoms with Crippen LogP contribution < -0.4 is 5.43 Å². The molecule has 3 aromatic rings. The van der Waals surface area contributed by atoms with Crippen LogP contribution in [0.3, 0.4) is 0 Å². The normalized spacial score (nSPS) is 11.0. The van der Waals surface area contributed by atoms with Gasteiger partial charge in [0, 0.05) is 5.38 Å². The third-order valence-corrected chi connectivity index (χ3v) is 4.82. The number of nitrogens with one attached hydrogen (secondary N) is 1. The van der Waals surface area contributed by atoms with Gasteiger partial charge < -0.3 is 4.74 Å². The summed E-state index contributed by atoms with van der Waals surface area (Å²) >= 11 is 7.07. The topological polar surface area (TPSA) is 63.6 Å². The summed E-state index contributed by atoms with van der Waals surface area (Å²) in [6, 6.07) is 12.2. The summed E-state index contributed by atoms with van der Waals surface area (Å²) < 4.78 is 18.5. The second kappa shape index (κ2) is 9.43. The van der Waals surface area contributed by atoms with Crippen LogP contribution in [0.25, 0.3) is 11.1 Å². The van der Waals surface area contributed by atoms with Crippen molar-refractivity contribution < 1.29 is 13.9 Å². The van der Waals surface area contributed by atoms with Gasteiger partial charge in [-0.25, -0.2) is 9.37 Å². The van der Waals surface area contributed by atoms with Crippen LogP contribution in [-0.2, 0) is 16.0 Å². The van der Waals surface area contributed by atoms with Gasteiger partial charge in [-0.15, -0.1) is 11.3 Å². The number of esters is 1. The Balaban J connectivity index is 1.58. The van der Waals surface area contributed by atoms with Crippen molar-refractivity contribution in [3.05, 3.63) is 69.9 Å². The van der Waals surface area contributed by atoms with E-state index in [0.717, 1.165) is 16.7 Å². The Morgan fingerprint density at radius 1 is 1.29 bits per heavy atom. The molecule has 144 valence electrons. The van der Waals surface area contributed by atoms with E-state index in [-0.39, 0.29) is 17.4 Å². The average molecular weight is 418 g/mol. The fourth-order valence-electron chi connectivity index (χ4n) is 2.40. The first-order valence-corrected chi connectivity index (χ1v) is 9.75. The van der Waals surface area contributed by atoms with E-state index >= 15 is 0 Å². The van der Waals surface area contributed by atoms with Crippen LogP contribution in [-0.4, -0.2) is 23.8 Å². The molecule has 0 amide bonds. The Morgan fingerprint density at radius 2 is 2.04 bits per heavy atom. The zero-order valence-electron chi connectivity index (χ0n) is 15.0. The lowest BCUT2D eigenvalue weighted by Gasteiger charge is -2.03. The van der Waals surface area contributed by atoms with Crippen LogP contribution in [0, 0.1) is 5.82 Å². The molecule has 5 nitrogen and oxygen atoms in total. The van der Waals surface area contributed by atoms with Crippen molar-refractivity contribution in [2.45, 2.75) is 13.3 Å². The van der Waals surface area contributed by atoms with Crippen molar-refractivity contribution in [2.75, 3.05) is 12.0 Å². The zero-order chi connectivity index (χ0) is 19.9. The summed E-state index contributed by atoms with van der Waals surface area (Å²) in [5.74, 6) is -0.747. The summed E-state index contributed by atoms with van der Waals surface area (Å²) in [4.78, 5) is 15.7. The number of aromatic nitrogens is 1. The number of anilines is 1. The van der Waals surface area contributed by atoms with Crippen molar-refractivity contribution in [2.24, 2.45) is 5.10 Å². The Morgan fingerprint density at radius 3 is 2.75 bits per heavy atom. The average Bonchev–Trinajstić information content (AvgIpc) is 3.12. The van der Waals surface area contributed by atoms with Gasteiger partial charge in [-0.3, -0.25) is 10.2 Å². The molecule has 0 saturated heterocycles. The number of benzene rings is 2. The third kappa shape index (κ3) is 5.37. The van der Waals surface area contributed by atoms with Gasteiger partial charge in [0.25, 0.3) is 0 Å². The summed E-state index contributed by atoms with van der Waals surface area (Å²) in [5.41, 5.74) is 5.98. The molecule has 0 unspecified atom stereocenters. The molecule has 0 saturated carbocycles. The minimum absolute atomic E-state index is 0.103. The molecular formula is C20H17ClFN3O2S. The lowest BCUT2D eigenvalue weighted by atomic mass is 10.0. The van der Waals surface area contributed by atoms with Gasteiger partial charge in [0.2, 0.25) is 5.13 Å². The smallest absolute Gasteiger partial charge is 0.311 e. The van der Waals surface area contributed by atoms with Gasteiger partial charge in [-0.1, -0.05) is 41.9 Å². The molecule has 0 spiro atoms. The Hall–Kier alpha value is -2.77. The highest BCUT2D eigenvalue weighted by atomic mass is 35.5. The molecule has 0 aliphatic carbocycles. The van der Waals surface area contributed by atoms with E-state index in [9.17, 15) is 9.18 Å². The van der Waals surface area contributed by atoms with Crippen molar-refractivity contribution in [1.29, 1.82) is 0 Å². The van der Waals surface area contributed by atoms with E-state index in [2.05, 4.69) is 15.5 Å². The molecule has 2 aromatic carbocycles. The number of carbonyl (C=O) groups is 1. The van der Waals surface area contributed by atoms with Crippen LogP contribution in [0.5, 0.6) is 0 Å². The van der Waals surface area contributed by atoms with Crippen molar-refractivity contribution in [1.82, 2.24) is 4.98 Å². The lowest BCUT2D eigenvalue weighted by molar-refractivity contribution is -0.142. The number of rotatable bonds is 7. The maximum absolute atomic E-state index is 13.6. The van der Waals surface area contributed by atoms with Gasteiger partial charge in [-0.2, -0.15) is 5.10 Å². The van der Waals surface area contributed by atoms with Crippen LogP contribution in [0.2, 0.25) is 5.02 Å². The summed E-state index contributed by atoms with van der Waals surface area (Å²) in [6.07, 6.45) is 1.79. The highest BCUT2D eigenvalue weighted by molar-refractivity contribution is 7.13. The molecule has 1 heterocycles.